The van der Waals surface area contributed by atoms with E-state index in [9.17, 15) is 14.4 Å². The zero-order chi connectivity index (χ0) is 18.0. The molecule has 0 saturated carbocycles. The molecule has 0 radical (unpaired) electrons. The SMILES string of the molecule is O=C(Nc1c(Cl)cccc1Cl)c1c[nH]c(=O)n(Cc2ccco2)c1=O. The number of nitrogens with zero attached hydrogens (tertiary/aromatic N) is 1. The van der Waals surface area contributed by atoms with Gasteiger partial charge in [-0.1, -0.05) is 29.3 Å². The first-order valence-corrected chi connectivity index (χ1v) is 7.83. The van der Waals surface area contributed by atoms with Gasteiger partial charge >= 0.3 is 5.69 Å². The Labute approximate surface area is 150 Å². The number of halogens is 2. The summed E-state index contributed by atoms with van der Waals surface area (Å²) < 4.78 is 5.99. The van der Waals surface area contributed by atoms with Gasteiger partial charge in [-0.2, -0.15) is 0 Å². The molecule has 0 aliphatic carbocycles. The Bertz CT molecular complexity index is 1020. The van der Waals surface area contributed by atoms with Crippen LogP contribution in [0.4, 0.5) is 5.69 Å². The van der Waals surface area contributed by atoms with Crippen molar-refractivity contribution in [2.75, 3.05) is 5.32 Å². The molecule has 2 heterocycles. The fraction of sp³-hybridized carbons (Fsp3) is 0.0625. The van der Waals surface area contributed by atoms with Crippen LogP contribution in [-0.4, -0.2) is 15.5 Å². The monoisotopic (exact) mass is 379 g/mol. The third kappa shape index (κ3) is 3.52. The Morgan fingerprint density at radius 1 is 1.16 bits per heavy atom. The quantitative estimate of drug-likeness (QED) is 0.727. The number of nitrogens with one attached hydrogen (secondary N) is 2. The third-order valence-corrected chi connectivity index (χ3v) is 4.03. The van der Waals surface area contributed by atoms with Gasteiger partial charge in [0.1, 0.15) is 11.3 Å². The summed E-state index contributed by atoms with van der Waals surface area (Å²) in [6.45, 7) is -0.102. The number of aromatic nitrogens is 2. The highest BCUT2D eigenvalue weighted by atomic mass is 35.5. The van der Waals surface area contributed by atoms with Crippen molar-refractivity contribution in [3.63, 3.8) is 0 Å². The standard InChI is InChI=1S/C16H11Cl2N3O4/c17-11-4-1-5-12(18)13(11)20-14(22)10-7-19-16(24)21(15(10)23)8-9-3-2-6-25-9/h1-7H,8H2,(H,19,24)(H,20,22). The maximum absolute atomic E-state index is 12.5. The molecule has 25 heavy (non-hydrogen) atoms. The molecular formula is C16H11Cl2N3O4. The smallest absolute Gasteiger partial charge is 0.328 e. The number of anilines is 1. The molecule has 9 heteroatoms. The number of aromatic amines is 1. The van der Waals surface area contributed by atoms with Gasteiger partial charge in [-0.25, -0.2) is 4.79 Å². The Morgan fingerprint density at radius 3 is 2.52 bits per heavy atom. The summed E-state index contributed by atoms with van der Waals surface area (Å²) >= 11 is 12.0. The molecule has 2 N–H and O–H groups in total. The topological polar surface area (TPSA) is 97.1 Å². The molecule has 0 atom stereocenters. The lowest BCUT2D eigenvalue weighted by atomic mass is 10.2. The third-order valence-electron chi connectivity index (χ3n) is 3.40. The lowest BCUT2D eigenvalue weighted by Gasteiger charge is -2.10. The van der Waals surface area contributed by atoms with E-state index < -0.39 is 17.2 Å². The lowest BCUT2D eigenvalue weighted by molar-refractivity contribution is 0.102. The first-order chi connectivity index (χ1) is 12.0. The maximum atomic E-state index is 12.5. The van der Waals surface area contributed by atoms with Gasteiger partial charge in [0.15, 0.2) is 0 Å². The minimum absolute atomic E-state index is 0.102. The Morgan fingerprint density at radius 2 is 1.88 bits per heavy atom. The van der Waals surface area contributed by atoms with Gasteiger partial charge in [0.25, 0.3) is 11.5 Å². The number of para-hydroxylation sites is 1. The molecule has 3 aromatic rings. The van der Waals surface area contributed by atoms with Crippen LogP contribution in [0, 0.1) is 0 Å². The van der Waals surface area contributed by atoms with E-state index in [1.54, 1.807) is 30.3 Å². The highest BCUT2D eigenvalue weighted by Gasteiger charge is 2.17. The first-order valence-electron chi connectivity index (χ1n) is 7.07. The molecule has 1 amide bonds. The normalized spacial score (nSPS) is 10.6. The molecule has 0 bridgehead atoms. The Hall–Kier alpha value is -2.77. The largest absolute Gasteiger partial charge is 0.467 e. The molecule has 7 nitrogen and oxygen atoms in total. The summed E-state index contributed by atoms with van der Waals surface area (Å²) in [5.41, 5.74) is -1.50. The van der Waals surface area contributed by atoms with E-state index in [2.05, 4.69) is 10.3 Å². The van der Waals surface area contributed by atoms with Gasteiger partial charge in [0, 0.05) is 6.20 Å². The molecule has 0 saturated heterocycles. The van der Waals surface area contributed by atoms with Crippen LogP contribution in [0.2, 0.25) is 10.0 Å². The van der Waals surface area contributed by atoms with Crippen molar-refractivity contribution >= 4 is 34.8 Å². The van der Waals surface area contributed by atoms with Gasteiger partial charge in [-0.3, -0.25) is 14.2 Å². The van der Waals surface area contributed by atoms with E-state index in [4.69, 9.17) is 27.6 Å². The zero-order valence-electron chi connectivity index (χ0n) is 12.6. The summed E-state index contributed by atoms with van der Waals surface area (Å²) in [5, 5.41) is 2.93. The molecule has 2 aromatic heterocycles. The average molecular weight is 380 g/mol. The number of furan rings is 1. The fourth-order valence-electron chi connectivity index (χ4n) is 2.17. The minimum Gasteiger partial charge on any atom is -0.467 e. The van der Waals surface area contributed by atoms with Crippen LogP contribution in [0.15, 0.2) is 56.8 Å². The molecule has 1 aromatic carbocycles. The van der Waals surface area contributed by atoms with Gasteiger partial charge in [0.05, 0.1) is 28.5 Å². The second-order valence-corrected chi connectivity index (χ2v) is 5.84. The summed E-state index contributed by atoms with van der Waals surface area (Å²) in [6.07, 6.45) is 2.47. The highest BCUT2D eigenvalue weighted by Crippen LogP contribution is 2.29. The summed E-state index contributed by atoms with van der Waals surface area (Å²) in [5.74, 6) is -0.344. The van der Waals surface area contributed by atoms with E-state index in [0.29, 0.717) is 5.76 Å². The number of H-pyrrole nitrogens is 1. The van der Waals surface area contributed by atoms with Gasteiger partial charge in [0.2, 0.25) is 0 Å². The van der Waals surface area contributed by atoms with E-state index in [-0.39, 0.29) is 27.8 Å². The van der Waals surface area contributed by atoms with Crippen LogP contribution in [-0.2, 0) is 6.54 Å². The van der Waals surface area contributed by atoms with Gasteiger partial charge in [-0.05, 0) is 24.3 Å². The van der Waals surface area contributed by atoms with Gasteiger partial charge in [-0.15, -0.1) is 0 Å². The van der Waals surface area contributed by atoms with Crippen LogP contribution in [0.1, 0.15) is 16.1 Å². The fourth-order valence-corrected chi connectivity index (χ4v) is 2.67. The number of rotatable bonds is 4. The van der Waals surface area contributed by atoms with Crippen LogP contribution < -0.4 is 16.6 Å². The second-order valence-electron chi connectivity index (χ2n) is 5.03. The van der Waals surface area contributed by atoms with Crippen LogP contribution in [0.25, 0.3) is 0 Å². The zero-order valence-corrected chi connectivity index (χ0v) is 14.1. The predicted molar refractivity (Wildman–Crippen MR) is 93.5 cm³/mol. The van der Waals surface area contributed by atoms with E-state index in [1.165, 1.54) is 6.26 Å². The summed E-state index contributed by atoms with van der Waals surface area (Å²) in [6, 6.07) is 7.96. The highest BCUT2D eigenvalue weighted by molar-refractivity contribution is 6.40. The number of hydrogen-bond donors (Lipinski definition) is 2. The number of benzene rings is 1. The maximum Gasteiger partial charge on any atom is 0.328 e. The van der Waals surface area contributed by atoms with Crippen molar-refractivity contribution < 1.29 is 9.21 Å². The molecule has 0 fully saturated rings. The van der Waals surface area contributed by atoms with Crippen molar-refractivity contribution in [2.45, 2.75) is 6.54 Å². The molecular weight excluding hydrogens is 369 g/mol. The van der Waals surface area contributed by atoms with Crippen LogP contribution in [0.5, 0.6) is 0 Å². The van der Waals surface area contributed by atoms with Gasteiger partial charge < -0.3 is 14.7 Å². The van der Waals surface area contributed by atoms with Crippen molar-refractivity contribution in [1.29, 1.82) is 0 Å². The van der Waals surface area contributed by atoms with Crippen molar-refractivity contribution in [3.8, 4) is 0 Å². The Balaban J connectivity index is 1.96. The number of carbonyl (C=O) groups excluding carboxylic acids is 1. The van der Waals surface area contributed by atoms with Crippen molar-refractivity contribution in [2.24, 2.45) is 0 Å². The molecule has 0 aliphatic rings. The number of amides is 1. The molecule has 128 valence electrons. The lowest BCUT2D eigenvalue weighted by Crippen LogP contribution is -2.39. The number of carbonyl (C=O) groups is 1. The van der Waals surface area contributed by atoms with Crippen LogP contribution >= 0.6 is 23.2 Å². The minimum atomic E-state index is -0.763. The van der Waals surface area contributed by atoms with E-state index >= 15 is 0 Å². The van der Waals surface area contributed by atoms with Crippen molar-refractivity contribution in [3.05, 3.63) is 85.0 Å². The molecule has 3 rings (SSSR count). The number of hydrogen-bond acceptors (Lipinski definition) is 4. The Kier molecular flexibility index (Phi) is 4.78. The van der Waals surface area contributed by atoms with E-state index in [0.717, 1.165) is 10.8 Å². The van der Waals surface area contributed by atoms with E-state index in [1.807, 2.05) is 0 Å². The summed E-state index contributed by atoms with van der Waals surface area (Å²) in [4.78, 5) is 39.2. The summed E-state index contributed by atoms with van der Waals surface area (Å²) in [7, 11) is 0. The van der Waals surface area contributed by atoms with Crippen molar-refractivity contribution in [1.82, 2.24) is 9.55 Å². The average Bonchev–Trinajstić information content (AvgIpc) is 3.08. The predicted octanol–water partition coefficient (Wildman–Crippen LogP) is 2.74. The molecule has 0 aliphatic heterocycles. The van der Waals surface area contributed by atoms with Crippen LogP contribution in [0.3, 0.4) is 0 Å². The first kappa shape index (κ1) is 17.1. The molecule has 0 spiro atoms. The molecule has 0 unspecified atom stereocenters. The second kappa shape index (κ2) is 7.00.